The number of hydrogen-bond donors (Lipinski definition) is 0. The fraction of sp³-hybridized carbons (Fsp3) is 0.0769. The van der Waals surface area contributed by atoms with Crippen LogP contribution < -0.4 is 5.56 Å². The molecule has 17 heavy (non-hydrogen) atoms. The number of nitrogens with zero attached hydrogens (tertiary/aromatic N) is 1. The normalized spacial score (nSPS) is 10.2. The van der Waals surface area contributed by atoms with E-state index in [1.54, 1.807) is 13.1 Å². The highest BCUT2D eigenvalue weighted by Gasteiger charge is 2.11. The standard InChI is InChI=1S/C13H10ClNO2/c1-15-12(9-5-3-2-4-6-9)7-11(14)10(8-16)13(15)17/h2-8H,1H3. The molecule has 0 spiro atoms. The average Bonchev–Trinajstić information content (AvgIpc) is 2.35. The third kappa shape index (κ3) is 2.01. The quantitative estimate of drug-likeness (QED) is 0.765. The summed E-state index contributed by atoms with van der Waals surface area (Å²) >= 11 is 5.91. The number of benzene rings is 1. The van der Waals surface area contributed by atoms with Gasteiger partial charge in [0.15, 0.2) is 6.29 Å². The molecule has 2 rings (SSSR count). The number of rotatable bonds is 2. The minimum atomic E-state index is -0.383. The van der Waals surface area contributed by atoms with E-state index >= 15 is 0 Å². The molecule has 3 nitrogen and oxygen atoms in total. The summed E-state index contributed by atoms with van der Waals surface area (Å²) in [6.07, 6.45) is 0.486. The summed E-state index contributed by atoms with van der Waals surface area (Å²) in [5.74, 6) is 0. The molecule has 0 atom stereocenters. The second kappa shape index (κ2) is 4.55. The van der Waals surface area contributed by atoms with Gasteiger partial charge in [-0.2, -0.15) is 0 Å². The molecule has 0 saturated heterocycles. The van der Waals surface area contributed by atoms with Crippen LogP contribution in [0.25, 0.3) is 11.3 Å². The van der Waals surface area contributed by atoms with Crippen LogP contribution in [0.4, 0.5) is 0 Å². The zero-order chi connectivity index (χ0) is 12.4. The fourth-order valence-electron chi connectivity index (χ4n) is 1.68. The Morgan fingerprint density at radius 3 is 2.47 bits per heavy atom. The van der Waals surface area contributed by atoms with Gasteiger partial charge in [-0.1, -0.05) is 41.9 Å². The third-order valence-electron chi connectivity index (χ3n) is 2.60. The monoisotopic (exact) mass is 247 g/mol. The van der Waals surface area contributed by atoms with E-state index in [-0.39, 0.29) is 16.1 Å². The van der Waals surface area contributed by atoms with E-state index in [0.29, 0.717) is 12.0 Å². The molecular weight excluding hydrogens is 238 g/mol. The largest absolute Gasteiger partial charge is 0.311 e. The van der Waals surface area contributed by atoms with E-state index in [1.807, 2.05) is 30.3 Å². The van der Waals surface area contributed by atoms with Crippen LogP contribution in [0.1, 0.15) is 10.4 Å². The maximum atomic E-state index is 11.9. The van der Waals surface area contributed by atoms with Crippen molar-refractivity contribution in [2.45, 2.75) is 0 Å². The molecule has 0 aliphatic heterocycles. The van der Waals surface area contributed by atoms with Crippen LogP contribution in [0.3, 0.4) is 0 Å². The zero-order valence-electron chi connectivity index (χ0n) is 9.18. The van der Waals surface area contributed by atoms with Crippen LogP contribution >= 0.6 is 11.6 Å². The molecule has 0 bridgehead atoms. The molecule has 0 amide bonds. The average molecular weight is 248 g/mol. The molecule has 1 heterocycles. The van der Waals surface area contributed by atoms with Crippen LogP contribution in [0.15, 0.2) is 41.2 Å². The smallest absolute Gasteiger partial charge is 0.262 e. The second-order valence-corrected chi connectivity index (χ2v) is 4.05. The van der Waals surface area contributed by atoms with Gasteiger partial charge in [0.2, 0.25) is 0 Å². The highest BCUT2D eigenvalue weighted by atomic mass is 35.5. The molecule has 86 valence electrons. The Hall–Kier alpha value is -1.87. The van der Waals surface area contributed by atoms with Crippen molar-refractivity contribution in [2.24, 2.45) is 7.05 Å². The molecule has 0 N–H and O–H groups in total. The number of hydrogen-bond acceptors (Lipinski definition) is 2. The Labute approximate surface area is 103 Å². The third-order valence-corrected chi connectivity index (χ3v) is 2.92. The van der Waals surface area contributed by atoms with Gasteiger partial charge in [-0.05, 0) is 11.6 Å². The maximum Gasteiger partial charge on any atom is 0.262 e. The van der Waals surface area contributed by atoms with E-state index in [4.69, 9.17) is 11.6 Å². The Morgan fingerprint density at radius 1 is 1.24 bits per heavy atom. The van der Waals surface area contributed by atoms with Gasteiger partial charge >= 0.3 is 0 Å². The highest BCUT2D eigenvalue weighted by Crippen LogP contribution is 2.21. The van der Waals surface area contributed by atoms with Gasteiger partial charge in [0.25, 0.3) is 5.56 Å². The Morgan fingerprint density at radius 2 is 1.88 bits per heavy atom. The van der Waals surface area contributed by atoms with Crippen molar-refractivity contribution < 1.29 is 4.79 Å². The van der Waals surface area contributed by atoms with E-state index in [1.165, 1.54) is 4.57 Å². The van der Waals surface area contributed by atoms with Crippen molar-refractivity contribution >= 4 is 17.9 Å². The predicted molar refractivity (Wildman–Crippen MR) is 67.5 cm³/mol. The van der Waals surface area contributed by atoms with Gasteiger partial charge < -0.3 is 4.57 Å². The van der Waals surface area contributed by atoms with Crippen molar-refractivity contribution in [3.63, 3.8) is 0 Å². The summed E-state index contributed by atoms with van der Waals surface area (Å²) in [6.45, 7) is 0. The van der Waals surface area contributed by atoms with Crippen LogP contribution in [-0.2, 0) is 7.05 Å². The van der Waals surface area contributed by atoms with E-state index in [2.05, 4.69) is 0 Å². The van der Waals surface area contributed by atoms with E-state index < -0.39 is 0 Å². The first kappa shape index (κ1) is 11.6. The maximum absolute atomic E-state index is 11.9. The van der Waals surface area contributed by atoms with Gasteiger partial charge in [0.05, 0.1) is 16.3 Å². The molecule has 0 radical (unpaired) electrons. The summed E-state index contributed by atoms with van der Waals surface area (Å²) in [5.41, 5.74) is 1.18. The highest BCUT2D eigenvalue weighted by molar-refractivity contribution is 6.33. The minimum absolute atomic E-state index is 0.00570. The van der Waals surface area contributed by atoms with Crippen LogP contribution in [0.5, 0.6) is 0 Å². The summed E-state index contributed by atoms with van der Waals surface area (Å²) in [5, 5.41) is 0.182. The molecule has 0 aliphatic rings. The fourth-order valence-corrected chi connectivity index (χ4v) is 1.91. The van der Waals surface area contributed by atoms with E-state index in [0.717, 1.165) is 5.56 Å². The van der Waals surface area contributed by atoms with Crippen LogP contribution in [-0.4, -0.2) is 10.9 Å². The van der Waals surface area contributed by atoms with Gasteiger partial charge in [-0.25, -0.2) is 0 Å². The first-order valence-corrected chi connectivity index (χ1v) is 5.43. The SMILES string of the molecule is Cn1c(-c2ccccc2)cc(Cl)c(C=O)c1=O. The topological polar surface area (TPSA) is 39.1 Å². The van der Waals surface area contributed by atoms with Crippen LogP contribution in [0, 0.1) is 0 Å². The lowest BCUT2D eigenvalue weighted by Crippen LogP contribution is -2.22. The summed E-state index contributed by atoms with van der Waals surface area (Å²) in [4.78, 5) is 22.6. The van der Waals surface area contributed by atoms with Crippen molar-refractivity contribution in [3.05, 3.63) is 57.3 Å². The predicted octanol–water partition coefficient (Wildman–Crippen LogP) is 2.52. The number of pyridine rings is 1. The first-order valence-electron chi connectivity index (χ1n) is 5.05. The van der Waals surface area contributed by atoms with Crippen molar-refractivity contribution in [2.75, 3.05) is 0 Å². The number of carbonyl (C=O) groups excluding carboxylic acids is 1. The van der Waals surface area contributed by atoms with Gasteiger partial charge in [-0.15, -0.1) is 0 Å². The van der Waals surface area contributed by atoms with Gasteiger partial charge in [-0.3, -0.25) is 9.59 Å². The molecule has 2 aromatic rings. The van der Waals surface area contributed by atoms with Crippen molar-refractivity contribution in [1.29, 1.82) is 0 Å². The molecule has 0 aliphatic carbocycles. The van der Waals surface area contributed by atoms with Gasteiger partial charge in [0, 0.05) is 7.05 Å². The second-order valence-electron chi connectivity index (χ2n) is 3.64. The summed E-state index contributed by atoms with van der Waals surface area (Å²) in [7, 11) is 1.62. The molecule has 1 aromatic heterocycles. The number of aldehydes is 1. The molecule has 4 heteroatoms. The van der Waals surface area contributed by atoms with Gasteiger partial charge in [0.1, 0.15) is 0 Å². The molecule has 0 saturated carbocycles. The lowest BCUT2D eigenvalue weighted by molar-refractivity contribution is 0.112. The van der Waals surface area contributed by atoms with Crippen molar-refractivity contribution in [3.8, 4) is 11.3 Å². The Bertz CT molecular complexity index is 617. The Kier molecular flexibility index (Phi) is 3.11. The minimum Gasteiger partial charge on any atom is -0.311 e. The lowest BCUT2D eigenvalue weighted by atomic mass is 10.1. The molecule has 0 unspecified atom stereocenters. The summed E-state index contributed by atoms with van der Waals surface area (Å²) < 4.78 is 1.42. The van der Waals surface area contributed by atoms with E-state index in [9.17, 15) is 9.59 Å². The molecule has 0 fully saturated rings. The number of halogens is 1. The van der Waals surface area contributed by atoms with Crippen molar-refractivity contribution in [1.82, 2.24) is 4.57 Å². The number of aromatic nitrogens is 1. The first-order chi connectivity index (χ1) is 8.15. The Balaban J connectivity index is 2.74. The molecular formula is C13H10ClNO2. The van der Waals surface area contributed by atoms with Crippen LogP contribution in [0.2, 0.25) is 5.02 Å². The lowest BCUT2D eigenvalue weighted by Gasteiger charge is -2.10. The molecule has 1 aromatic carbocycles. The number of carbonyl (C=O) groups is 1. The zero-order valence-corrected chi connectivity index (χ0v) is 9.94. The summed E-state index contributed by atoms with van der Waals surface area (Å²) in [6, 6.07) is 11.0.